The molecule has 0 N–H and O–H groups in total. The number of aryl methyl sites for hydroxylation is 1. The molecule has 0 unspecified atom stereocenters. The third-order valence-corrected chi connectivity index (χ3v) is 3.57. The van der Waals surface area contributed by atoms with Gasteiger partial charge in [0.05, 0.1) is 11.7 Å². The van der Waals surface area contributed by atoms with Crippen LogP contribution in [0.15, 0.2) is 55.2 Å². The molecule has 96 valence electrons. The summed E-state index contributed by atoms with van der Waals surface area (Å²) >= 11 is 0. The zero-order valence-corrected chi connectivity index (χ0v) is 11.0. The number of rotatable bonds is 1. The second kappa shape index (κ2) is 4.13. The van der Waals surface area contributed by atoms with Crippen molar-refractivity contribution >= 4 is 21.7 Å². The highest BCUT2D eigenvalue weighted by molar-refractivity contribution is 5.86. The maximum Gasteiger partial charge on any atom is 0.137 e. The van der Waals surface area contributed by atoms with Crippen molar-refractivity contribution in [2.24, 2.45) is 0 Å². The molecule has 0 atom stereocenters. The molecule has 4 aromatic rings. The van der Waals surface area contributed by atoms with Gasteiger partial charge in [0.2, 0.25) is 0 Å². The van der Waals surface area contributed by atoms with Crippen molar-refractivity contribution < 1.29 is 0 Å². The fourth-order valence-corrected chi connectivity index (χ4v) is 2.51. The Labute approximate surface area is 115 Å². The van der Waals surface area contributed by atoms with Crippen LogP contribution in [0.25, 0.3) is 27.5 Å². The van der Waals surface area contributed by atoms with Crippen LogP contribution in [0.2, 0.25) is 0 Å². The van der Waals surface area contributed by atoms with E-state index in [1.54, 1.807) is 6.20 Å². The van der Waals surface area contributed by atoms with E-state index < -0.39 is 0 Å². The predicted molar refractivity (Wildman–Crippen MR) is 78.9 cm³/mol. The van der Waals surface area contributed by atoms with Gasteiger partial charge in [0, 0.05) is 46.6 Å². The summed E-state index contributed by atoms with van der Waals surface area (Å²) in [6.07, 6.45) is 9.38. The van der Waals surface area contributed by atoms with E-state index in [0.717, 1.165) is 33.2 Å². The molecular formula is C16H12N4. The van der Waals surface area contributed by atoms with Crippen LogP contribution in [0.4, 0.5) is 0 Å². The summed E-state index contributed by atoms with van der Waals surface area (Å²) in [5.74, 6) is 0.886. The van der Waals surface area contributed by atoms with Gasteiger partial charge in [-0.15, -0.1) is 0 Å². The highest BCUT2D eigenvalue weighted by Crippen LogP contribution is 2.22. The van der Waals surface area contributed by atoms with Gasteiger partial charge in [-0.3, -0.25) is 14.5 Å². The maximum absolute atomic E-state index is 4.55. The highest BCUT2D eigenvalue weighted by Gasteiger charge is 2.06. The number of hydrogen-bond acceptors (Lipinski definition) is 3. The number of hydrogen-bond donors (Lipinski definition) is 0. The molecule has 0 aromatic carbocycles. The lowest BCUT2D eigenvalue weighted by Crippen LogP contribution is -1.96. The van der Waals surface area contributed by atoms with Gasteiger partial charge >= 0.3 is 0 Å². The Morgan fingerprint density at radius 3 is 2.80 bits per heavy atom. The molecular weight excluding hydrogens is 248 g/mol. The number of nitrogens with zero attached hydrogens (tertiary/aromatic N) is 4. The molecule has 0 aliphatic rings. The molecule has 0 aliphatic heterocycles. The van der Waals surface area contributed by atoms with Crippen LogP contribution in [-0.2, 0) is 0 Å². The molecule has 0 bridgehead atoms. The Morgan fingerprint density at radius 2 is 1.85 bits per heavy atom. The Kier molecular flexibility index (Phi) is 2.29. The van der Waals surface area contributed by atoms with Gasteiger partial charge in [-0.25, -0.2) is 4.98 Å². The van der Waals surface area contributed by atoms with Gasteiger partial charge in [0.1, 0.15) is 5.82 Å². The quantitative estimate of drug-likeness (QED) is 0.527. The maximum atomic E-state index is 4.55. The summed E-state index contributed by atoms with van der Waals surface area (Å²) in [6.45, 7) is 2.02. The van der Waals surface area contributed by atoms with Crippen molar-refractivity contribution in [3.05, 3.63) is 60.9 Å². The molecule has 4 nitrogen and oxygen atoms in total. The van der Waals surface area contributed by atoms with Gasteiger partial charge in [-0.1, -0.05) is 0 Å². The minimum atomic E-state index is 0.886. The van der Waals surface area contributed by atoms with E-state index >= 15 is 0 Å². The lowest BCUT2D eigenvalue weighted by atomic mass is 10.2. The second-order valence-corrected chi connectivity index (χ2v) is 4.78. The summed E-state index contributed by atoms with van der Waals surface area (Å²) in [5.41, 5.74) is 2.07. The molecule has 0 spiro atoms. The van der Waals surface area contributed by atoms with Crippen molar-refractivity contribution in [1.29, 1.82) is 0 Å². The molecule has 0 saturated heterocycles. The summed E-state index contributed by atoms with van der Waals surface area (Å²) in [5, 5.41) is 3.39. The van der Waals surface area contributed by atoms with Crippen molar-refractivity contribution in [2.75, 3.05) is 0 Å². The van der Waals surface area contributed by atoms with Gasteiger partial charge in [0.25, 0.3) is 0 Å². The van der Waals surface area contributed by atoms with Crippen LogP contribution in [0, 0.1) is 6.92 Å². The van der Waals surface area contributed by atoms with Crippen LogP contribution < -0.4 is 0 Å². The molecule has 4 aromatic heterocycles. The van der Waals surface area contributed by atoms with Crippen LogP contribution in [0.5, 0.6) is 0 Å². The first-order valence-corrected chi connectivity index (χ1v) is 6.46. The highest BCUT2D eigenvalue weighted by atomic mass is 15.1. The van der Waals surface area contributed by atoms with Crippen LogP contribution in [0.1, 0.15) is 5.69 Å². The number of fused-ring (bicyclic) bond motifs is 2. The van der Waals surface area contributed by atoms with E-state index in [2.05, 4.69) is 27.1 Å². The summed E-state index contributed by atoms with van der Waals surface area (Å²) in [4.78, 5) is 13.1. The van der Waals surface area contributed by atoms with E-state index in [9.17, 15) is 0 Å². The monoisotopic (exact) mass is 260 g/mol. The molecule has 4 rings (SSSR count). The first-order chi connectivity index (χ1) is 9.83. The van der Waals surface area contributed by atoms with Gasteiger partial charge in [-0.05, 0) is 31.2 Å². The lowest BCUT2D eigenvalue weighted by Gasteiger charge is -2.07. The zero-order chi connectivity index (χ0) is 13.5. The smallest absolute Gasteiger partial charge is 0.137 e. The largest absolute Gasteiger partial charge is 0.300 e. The molecule has 0 radical (unpaired) electrons. The number of pyridine rings is 3. The second-order valence-electron chi connectivity index (χ2n) is 4.78. The molecule has 4 heteroatoms. The average molecular weight is 260 g/mol. The summed E-state index contributed by atoms with van der Waals surface area (Å²) in [6, 6.07) is 8.12. The van der Waals surface area contributed by atoms with E-state index in [0.29, 0.717) is 0 Å². The van der Waals surface area contributed by atoms with Crippen molar-refractivity contribution in [1.82, 2.24) is 19.5 Å². The predicted octanol–water partition coefficient (Wildman–Crippen LogP) is 3.28. The normalized spacial score (nSPS) is 11.2. The third-order valence-electron chi connectivity index (χ3n) is 3.57. The Hall–Kier alpha value is -2.75. The third kappa shape index (κ3) is 1.58. The number of aromatic nitrogens is 4. The Balaban J connectivity index is 2.00. The molecule has 0 amide bonds. The standard InChI is InChI=1S/C16H12N4/c1-11-14-8-16(19-9-13(14)3-6-18-11)20-7-4-12-2-5-17-10-15(12)20/h2-10H,1H3. The molecule has 0 aliphatic carbocycles. The lowest BCUT2D eigenvalue weighted by molar-refractivity contribution is 1.04. The van der Waals surface area contributed by atoms with E-state index in [4.69, 9.17) is 0 Å². The van der Waals surface area contributed by atoms with Crippen molar-refractivity contribution in [3.8, 4) is 5.82 Å². The van der Waals surface area contributed by atoms with Crippen molar-refractivity contribution in [3.63, 3.8) is 0 Å². The van der Waals surface area contributed by atoms with Gasteiger partial charge < -0.3 is 0 Å². The summed E-state index contributed by atoms with van der Waals surface area (Å²) < 4.78 is 2.05. The Morgan fingerprint density at radius 1 is 0.950 bits per heavy atom. The van der Waals surface area contributed by atoms with Gasteiger partial charge in [0.15, 0.2) is 0 Å². The zero-order valence-electron chi connectivity index (χ0n) is 11.0. The van der Waals surface area contributed by atoms with Crippen LogP contribution in [0.3, 0.4) is 0 Å². The van der Waals surface area contributed by atoms with Crippen LogP contribution >= 0.6 is 0 Å². The fourth-order valence-electron chi connectivity index (χ4n) is 2.51. The van der Waals surface area contributed by atoms with E-state index in [-0.39, 0.29) is 0 Å². The first kappa shape index (κ1) is 11.1. The molecule has 0 fully saturated rings. The van der Waals surface area contributed by atoms with E-state index in [1.807, 2.05) is 48.4 Å². The SMILES string of the molecule is Cc1nccc2cnc(-n3ccc4ccncc43)cc12. The minimum absolute atomic E-state index is 0.886. The first-order valence-electron chi connectivity index (χ1n) is 6.46. The van der Waals surface area contributed by atoms with Crippen molar-refractivity contribution in [2.45, 2.75) is 6.92 Å². The van der Waals surface area contributed by atoms with E-state index in [1.165, 1.54) is 0 Å². The topological polar surface area (TPSA) is 43.6 Å². The van der Waals surface area contributed by atoms with Crippen LogP contribution in [-0.4, -0.2) is 19.5 Å². The molecule has 0 saturated carbocycles. The average Bonchev–Trinajstić information content (AvgIpc) is 2.91. The Bertz CT molecular complexity index is 924. The summed E-state index contributed by atoms with van der Waals surface area (Å²) in [7, 11) is 0. The van der Waals surface area contributed by atoms with Gasteiger partial charge in [-0.2, -0.15) is 0 Å². The minimum Gasteiger partial charge on any atom is -0.300 e. The molecule has 20 heavy (non-hydrogen) atoms. The fraction of sp³-hybridized carbons (Fsp3) is 0.0625. The molecule has 4 heterocycles.